The van der Waals surface area contributed by atoms with Crippen molar-refractivity contribution < 1.29 is 27.1 Å². The van der Waals surface area contributed by atoms with Crippen molar-refractivity contribution in [3.05, 3.63) is 24.0 Å². The summed E-state index contributed by atoms with van der Waals surface area (Å²) in [4.78, 5) is 28.6. The Morgan fingerprint density at radius 1 is 1.28 bits per heavy atom. The van der Waals surface area contributed by atoms with Crippen LogP contribution in [0.15, 0.2) is 23.1 Å². The van der Waals surface area contributed by atoms with Crippen LogP contribution in [0.1, 0.15) is 46.5 Å². The molecule has 0 bridgehead atoms. The van der Waals surface area contributed by atoms with Gasteiger partial charge in [-0.05, 0) is 77.7 Å². The Hall–Kier alpha value is -2.20. The second-order valence-corrected chi connectivity index (χ2v) is 11.5. The highest BCUT2D eigenvalue weighted by Gasteiger charge is 2.54. The fourth-order valence-corrected chi connectivity index (χ4v) is 4.85. The quantitative estimate of drug-likeness (QED) is 0.503. The van der Waals surface area contributed by atoms with Gasteiger partial charge in [-0.25, -0.2) is 17.6 Å². The lowest BCUT2D eigenvalue weighted by atomic mass is 9.85. The average molecular weight is 470 g/mol. The lowest BCUT2D eigenvalue weighted by molar-refractivity contribution is -0.168. The largest absolute Gasteiger partial charge is 0.458 e. The van der Waals surface area contributed by atoms with Gasteiger partial charge in [0.25, 0.3) is 5.91 Å². The van der Waals surface area contributed by atoms with Crippen LogP contribution < -0.4 is 10.6 Å². The zero-order chi connectivity index (χ0) is 23.7. The van der Waals surface area contributed by atoms with E-state index in [1.54, 1.807) is 25.7 Å². The van der Waals surface area contributed by atoms with Crippen LogP contribution in [0, 0.1) is 5.82 Å². The second-order valence-electron chi connectivity index (χ2n) is 9.53. The van der Waals surface area contributed by atoms with E-state index in [1.807, 2.05) is 0 Å². The summed E-state index contributed by atoms with van der Waals surface area (Å²) in [6, 6.07) is 3.37. The van der Waals surface area contributed by atoms with Crippen LogP contribution >= 0.6 is 0 Å². The first-order valence-corrected chi connectivity index (χ1v) is 12.8. The molecule has 1 aromatic carbocycles. The summed E-state index contributed by atoms with van der Waals surface area (Å²) < 4.78 is 44.0. The molecule has 0 aliphatic carbocycles. The number of rotatable bonds is 5. The van der Waals surface area contributed by atoms with Crippen molar-refractivity contribution in [2.24, 2.45) is 0 Å². The van der Waals surface area contributed by atoms with Crippen molar-refractivity contribution in [3.8, 4) is 0 Å². The van der Waals surface area contributed by atoms with Crippen LogP contribution in [-0.4, -0.2) is 68.3 Å². The van der Waals surface area contributed by atoms with Crippen molar-refractivity contribution in [2.45, 2.75) is 68.5 Å². The number of benzene rings is 1. The van der Waals surface area contributed by atoms with Crippen LogP contribution in [0.5, 0.6) is 0 Å². The number of hydrogen-bond acceptors (Lipinski definition) is 7. The van der Waals surface area contributed by atoms with E-state index in [-0.39, 0.29) is 23.0 Å². The number of amides is 1. The first kappa shape index (κ1) is 24.4. The molecule has 2 fully saturated rings. The highest BCUT2D eigenvalue weighted by molar-refractivity contribution is 7.90. The fraction of sp³-hybridized carbons (Fsp3) is 0.636. The second kappa shape index (κ2) is 8.97. The standard InChI is InChI=1S/C22H32FN3O5S/c1-21(2,3)31-20(28)22(25-18-7-6-16(14-17(18)23)32(4,29)30)10-5-13-26(19(22)27)15-8-11-24-12-9-15/h6-7,14-15,24-25H,5,8-13H2,1-4H3. The third kappa shape index (κ3) is 5.23. The molecular formula is C22H32FN3O5S. The highest BCUT2D eigenvalue weighted by atomic mass is 32.2. The number of carbonyl (C=O) groups is 2. The Morgan fingerprint density at radius 3 is 2.50 bits per heavy atom. The first-order chi connectivity index (χ1) is 14.8. The van der Waals surface area contributed by atoms with Gasteiger partial charge in [0, 0.05) is 18.8 Å². The summed E-state index contributed by atoms with van der Waals surface area (Å²) in [6.07, 6.45) is 3.22. The van der Waals surface area contributed by atoms with Gasteiger partial charge in [0.1, 0.15) is 11.4 Å². The van der Waals surface area contributed by atoms with E-state index in [2.05, 4.69) is 10.6 Å². The predicted molar refractivity (Wildman–Crippen MR) is 119 cm³/mol. The Balaban J connectivity index is 2.00. The van der Waals surface area contributed by atoms with E-state index in [9.17, 15) is 22.4 Å². The molecule has 178 valence electrons. The molecule has 3 rings (SSSR count). The Morgan fingerprint density at radius 2 is 1.94 bits per heavy atom. The molecule has 0 aromatic heterocycles. The van der Waals surface area contributed by atoms with Gasteiger partial charge in [-0.15, -0.1) is 0 Å². The minimum Gasteiger partial charge on any atom is -0.458 e. The summed E-state index contributed by atoms with van der Waals surface area (Å²) >= 11 is 0. The van der Waals surface area contributed by atoms with Crippen LogP contribution in [0.25, 0.3) is 0 Å². The van der Waals surface area contributed by atoms with Crippen LogP contribution in [0.2, 0.25) is 0 Å². The normalized spacial score (nSPS) is 23.2. The molecule has 0 saturated carbocycles. The maximum atomic E-state index is 14.9. The number of anilines is 1. The van der Waals surface area contributed by atoms with Crippen LogP contribution in [0.3, 0.4) is 0 Å². The van der Waals surface area contributed by atoms with Gasteiger partial charge < -0.3 is 20.3 Å². The van der Waals surface area contributed by atoms with Crippen LogP contribution in [-0.2, 0) is 24.2 Å². The SMILES string of the molecule is CC(C)(C)OC(=O)C1(Nc2ccc(S(C)(=O)=O)cc2F)CCCN(C2CCNCC2)C1=O. The number of halogens is 1. The van der Waals surface area contributed by atoms with Crippen molar-refractivity contribution >= 4 is 27.4 Å². The van der Waals surface area contributed by atoms with Gasteiger partial charge in [-0.2, -0.15) is 0 Å². The molecule has 2 saturated heterocycles. The molecule has 2 N–H and O–H groups in total. The topological polar surface area (TPSA) is 105 Å². The van der Waals surface area contributed by atoms with Gasteiger partial charge in [-0.1, -0.05) is 0 Å². The predicted octanol–water partition coefficient (Wildman–Crippen LogP) is 2.10. The Bertz CT molecular complexity index is 986. The summed E-state index contributed by atoms with van der Waals surface area (Å²) in [5.41, 5.74) is -2.75. The molecule has 1 amide bonds. The van der Waals surface area contributed by atoms with E-state index in [0.717, 1.165) is 38.3 Å². The molecule has 1 unspecified atom stereocenters. The number of hydrogen-bond donors (Lipinski definition) is 2. The van der Waals surface area contributed by atoms with E-state index >= 15 is 0 Å². The first-order valence-electron chi connectivity index (χ1n) is 10.9. The molecule has 0 spiro atoms. The van der Waals surface area contributed by atoms with Crippen molar-refractivity contribution in [1.82, 2.24) is 10.2 Å². The summed E-state index contributed by atoms with van der Waals surface area (Å²) in [6.45, 7) is 7.20. The zero-order valence-electron chi connectivity index (χ0n) is 19.0. The Labute approximate surface area is 188 Å². The molecule has 1 aromatic rings. The van der Waals surface area contributed by atoms with E-state index in [1.165, 1.54) is 12.1 Å². The number of sulfone groups is 1. The summed E-state index contributed by atoms with van der Waals surface area (Å²) in [5, 5.41) is 6.10. The molecular weight excluding hydrogens is 437 g/mol. The van der Waals surface area contributed by atoms with Gasteiger partial charge in [-0.3, -0.25) is 4.79 Å². The monoisotopic (exact) mass is 469 g/mol. The number of nitrogens with one attached hydrogen (secondary N) is 2. The van der Waals surface area contributed by atoms with E-state index in [4.69, 9.17) is 4.74 Å². The number of nitrogens with zero attached hydrogens (tertiary/aromatic N) is 1. The number of likely N-dealkylation sites (tertiary alicyclic amines) is 1. The minimum absolute atomic E-state index is 0.00915. The minimum atomic E-state index is -3.61. The number of ether oxygens (including phenoxy) is 1. The fourth-order valence-electron chi connectivity index (χ4n) is 4.21. The molecule has 8 nitrogen and oxygen atoms in total. The molecule has 2 heterocycles. The highest BCUT2D eigenvalue weighted by Crippen LogP contribution is 2.34. The van der Waals surface area contributed by atoms with Gasteiger partial charge >= 0.3 is 5.97 Å². The maximum absolute atomic E-state index is 14.9. The number of carbonyl (C=O) groups excluding carboxylic acids is 2. The van der Waals surface area contributed by atoms with E-state index in [0.29, 0.717) is 13.0 Å². The number of piperidine rings is 2. The summed E-state index contributed by atoms with van der Waals surface area (Å²) in [7, 11) is -3.61. The molecule has 2 aliphatic heterocycles. The molecule has 0 radical (unpaired) electrons. The molecule has 2 aliphatic rings. The van der Waals surface area contributed by atoms with Crippen molar-refractivity contribution in [2.75, 3.05) is 31.2 Å². The number of esters is 1. The Kier molecular flexibility index (Phi) is 6.86. The zero-order valence-corrected chi connectivity index (χ0v) is 19.9. The lowest BCUT2D eigenvalue weighted by Gasteiger charge is -2.45. The molecule has 10 heteroatoms. The molecule has 32 heavy (non-hydrogen) atoms. The van der Waals surface area contributed by atoms with Crippen LogP contribution in [0.4, 0.5) is 10.1 Å². The maximum Gasteiger partial charge on any atom is 0.342 e. The third-order valence-corrected chi connectivity index (χ3v) is 6.90. The van der Waals surface area contributed by atoms with Crippen molar-refractivity contribution in [1.29, 1.82) is 0 Å². The third-order valence-electron chi connectivity index (χ3n) is 5.79. The average Bonchev–Trinajstić information content (AvgIpc) is 2.69. The van der Waals surface area contributed by atoms with Gasteiger partial charge in [0.05, 0.1) is 10.6 Å². The van der Waals surface area contributed by atoms with Crippen molar-refractivity contribution in [3.63, 3.8) is 0 Å². The lowest BCUT2D eigenvalue weighted by Crippen LogP contribution is -2.66. The van der Waals surface area contributed by atoms with E-state index < -0.39 is 38.7 Å². The van der Waals surface area contributed by atoms with Gasteiger partial charge in [0.15, 0.2) is 9.84 Å². The summed E-state index contributed by atoms with van der Waals surface area (Å²) in [5.74, 6) is -2.06. The smallest absolute Gasteiger partial charge is 0.342 e. The molecule has 1 atom stereocenters. The van der Waals surface area contributed by atoms with Gasteiger partial charge in [0.2, 0.25) is 5.54 Å².